The molecule has 0 spiro atoms. The number of ether oxygens (including phenoxy) is 3. The van der Waals surface area contributed by atoms with Crippen LogP contribution in [0.4, 0.5) is 5.69 Å². The smallest absolute Gasteiger partial charge is 0.350 e. The van der Waals surface area contributed by atoms with Crippen molar-refractivity contribution in [2.24, 2.45) is 0 Å². The van der Waals surface area contributed by atoms with Gasteiger partial charge in [0.05, 0.1) is 10.6 Å². The molecule has 0 aliphatic carbocycles. The van der Waals surface area contributed by atoms with Gasteiger partial charge in [0.1, 0.15) is 9.88 Å². The van der Waals surface area contributed by atoms with E-state index in [4.69, 9.17) is 14.2 Å². The molecule has 4 rings (SSSR count). The number of amides is 1. The predicted molar refractivity (Wildman–Crippen MR) is 102 cm³/mol. The van der Waals surface area contributed by atoms with Crippen LogP contribution in [0.15, 0.2) is 35.7 Å². The summed E-state index contributed by atoms with van der Waals surface area (Å²) < 4.78 is 15.6. The number of nitrogens with zero attached hydrogens (tertiary/aromatic N) is 1. The molecule has 7 nitrogen and oxygen atoms in total. The minimum atomic E-state index is -0.561. The molecule has 0 saturated heterocycles. The number of rotatable bonds is 5. The number of carbonyl (C=O) groups excluding carboxylic acids is 2. The lowest BCUT2D eigenvalue weighted by atomic mass is 10.3. The van der Waals surface area contributed by atoms with Crippen molar-refractivity contribution in [1.82, 2.24) is 4.98 Å². The fourth-order valence-corrected chi connectivity index (χ4v) is 4.22. The van der Waals surface area contributed by atoms with Crippen LogP contribution in [0.2, 0.25) is 0 Å². The van der Waals surface area contributed by atoms with E-state index in [9.17, 15) is 9.59 Å². The zero-order chi connectivity index (χ0) is 18.8. The Kier molecular flexibility index (Phi) is 4.78. The van der Waals surface area contributed by atoms with Crippen LogP contribution in [-0.4, -0.2) is 30.3 Å². The van der Waals surface area contributed by atoms with Crippen molar-refractivity contribution in [3.05, 3.63) is 46.3 Å². The molecule has 0 unspecified atom stereocenters. The van der Waals surface area contributed by atoms with Crippen molar-refractivity contribution >= 4 is 40.2 Å². The van der Waals surface area contributed by atoms with Crippen LogP contribution in [0.1, 0.15) is 15.4 Å². The number of benzene rings is 1. The fourth-order valence-electron chi connectivity index (χ4n) is 2.46. The Morgan fingerprint density at radius 3 is 2.93 bits per heavy atom. The summed E-state index contributed by atoms with van der Waals surface area (Å²) in [5.74, 6) is 0.185. The lowest BCUT2D eigenvalue weighted by Gasteiger charge is -2.07. The first-order chi connectivity index (χ1) is 13.1. The molecule has 1 aliphatic heterocycles. The number of hydrogen-bond donors (Lipinski definition) is 1. The number of fused-ring (bicyclic) bond motifs is 1. The Labute approximate surface area is 162 Å². The highest BCUT2D eigenvalue weighted by molar-refractivity contribution is 7.22. The summed E-state index contributed by atoms with van der Waals surface area (Å²) >= 11 is 2.81. The number of hydrogen-bond acceptors (Lipinski definition) is 8. The third-order valence-corrected chi connectivity index (χ3v) is 5.88. The number of anilines is 1. The van der Waals surface area contributed by atoms with Crippen LogP contribution in [0.3, 0.4) is 0 Å². The molecule has 9 heteroatoms. The van der Waals surface area contributed by atoms with Gasteiger partial charge in [-0.1, -0.05) is 6.07 Å². The number of aromatic nitrogens is 1. The Bertz CT molecular complexity index is 997. The lowest BCUT2D eigenvalue weighted by molar-refractivity contribution is -0.119. The molecule has 3 heterocycles. The maximum Gasteiger partial charge on any atom is 0.350 e. The van der Waals surface area contributed by atoms with Crippen LogP contribution in [0, 0.1) is 6.92 Å². The van der Waals surface area contributed by atoms with Gasteiger partial charge in [0, 0.05) is 11.8 Å². The zero-order valence-corrected chi connectivity index (χ0v) is 15.8. The molecule has 1 N–H and O–H groups in total. The largest absolute Gasteiger partial charge is 0.454 e. The molecule has 0 atom stereocenters. The number of nitrogens with one attached hydrogen (secondary N) is 1. The average molecular weight is 402 g/mol. The number of carbonyl (C=O) groups is 2. The second kappa shape index (κ2) is 7.37. The molecule has 2 aromatic heterocycles. The van der Waals surface area contributed by atoms with Gasteiger partial charge < -0.3 is 19.5 Å². The SMILES string of the molecule is Cc1nc(-c2cccs2)sc1C(=O)OCC(=O)Nc1ccc2c(c1)OCO2. The third-order valence-electron chi connectivity index (χ3n) is 3.70. The molecule has 0 bridgehead atoms. The molecule has 27 heavy (non-hydrogen) atoms. The van der Waals surface area contributed by atoms with E-state index in [1.807, 2.05) is 17.5 Å². The van der Waals surface area contributed by atoms with Gasteiger partial charge in [-0.15, -0.1) is 22.7 Å². The van der Waals surface area contributed by atoms with Gasteiger partial charge in [-0.2, -0.15) is 0 Å². The topological polar surface area (TPSA) is 86.8 Å². The monoisotopic (exact) mass is 402 g/mol. The predicted octanol–water partition coefficient (Wildman–Crippen LogP) is 3.70. The van der Waals surface area contributed by atoms with Gasteiger partial charge in [0.2, 0.25) is 6.79 Å². The molecule has 0 radical (unpaired) electrons. The average Bonchev–Trinajstić information content (AvgIpc) is 3.39. The van der Waals surface area contributed by atoms with Crippen LogP contribution in [-0.2, 0) is 9.53 Å². The summed E-state index contributed by atoms with van der Waals surface area (Å²) in [6.45, 7) is 1.52. The maximum atomic E-state index is 12.3. The van der Waals surface area contributed by atoms with Crippen LogP contribution < -0.4 is 14.8 Å². The van der Waals surface area contributed by atoms with Crippen molar-refractivity contribution in [3.63, 3.8) is 0 Å². The van der Waals surface area contributed by atoms with Gasteiger partial charge in [-0.3, -0.25) is 4.79 Å². The van der Waals surface area contributed by atoms with Crippen molar-refractivity contribution in [1.29, 1.82) is 0 Å². The first-order valence-electron chi connectivity index (χ1n) is 7.98. The Morgan fingerprint density at radius 2 is 2.11 bits per heavy atom. The van der Waals surface area contributed by atoms with Gasteiger partial charge in [-0.25, -0.2) is 9.78 Å². The van der Waals surface area contributed by atoms with Crippen LogP contribution in [0.5, 0.6) is 11.5 Å². The lowest BCUT2D eigenvalue weighted by Crippen LogP contribution is -2.20. The van der Waals surface area contributed by atoms with Gasteiger partial charge in [0.15, 0.2) is 18.1 Å². The van der Waals surface area contributed by atoms with Crippen molar-refractivity contribution in [2.45, 2.75) is 6.92 Å². The van der Waals surface area contributed by atoms with E-state index in [1.54, 1.807) is 36.5 Å². The highest BCUT2D eigenvalue weighted by Crippen LogP contribution is 2.34. The van der Waals surface area contributed by atoms with Crippen LogP contribution >= 0.6 is 22.7 Å². The molecule has 1 amide bonds. The van der Waals surface area contributed by atoms with E-state index in [0.717, 1.165) is 9.88 Å². The number of thiazole rings is 1. The molecule has 3 aromatic rings. The Hall–Kier alpha value is -2.91. The standard InChI is InChI=1S/C18H14N2O5S2/c1-10-16(27-17(19-10)14-3-2-6-26-14)18(22)23-8-15(21)20-11-4-5-12-13(7-11)25-9-24-12/h2-7H,8-9H2,1H3,(H,20,21). The molecular weight excluding hydrogens is 388 g/mol. The van der Waals surface area contributed by atoms with E-state index >= 15 is 0 Å². The molecule has 138 valence electrons. The van der Waals surface area contributed by atoms with Gasteiger partial charge >= 0.3 is 5.97 Å². The summed E-state index contributed by atoms with van der Waals surface area (Å²) in [6.07, 6.45) is 0. The summed E-state index contributed by atoms with van der Waals surface area (Å²) in [7, 11) is 0. The van der Waals surface area contributed by atoms with Gasteiger partial charge in [-0.05, 0) is 30.5 Å². The van der Waals surface area contributed by atoms with Crippen molar-refractivity contribution in [2.75, 3.05) is 18.7 Å². The van der Waals surface area contributed by atoms with Crippen LogP contribution in [0.25, 0.3) is 9.88 Å². The van der Waals surface area contributed by atoms with Crippen molar-refractivity contribution in [3.8, 4) is 21.4 Å². The van der Waals surface area contributed by atoms with E-state index in [-0.39, 0.29) is 13.4 Å². The summed E-state index contributed by atoms with van der Waals surface area (Å²) in [5.41, 5.74) is 1.12. The van der Waals surface area contributed by atoms with E-state index < -0.39 is 11.9 Å². The second-order valence-electron chi connectivity index (χ2n) is 5.60. The molecular formula is C18H14N2O5S2. The minimum absolute atomic E-state index is 0.159. The molecule has 0 saturated carbocycles. The van der Waals surface area contributed by atoms with E-state index in [2.05, 4.69) is 10.3 Å². The summed E-state index contributed by atoms with van der Waals surface area (Å²) in [4.78, 5) is 30.1. The highest BCUT2D eigenvalue weighted by atomic mass is 32.1. The third kappa shape index (κ3) is 3.79. The van der Waals surface area contributed by atoms with E-state index in [1.165, 1.54) is 11.3 Å². The maximum absolute atomic E-state index is 12.3. The normalized spacial score (nSPS) is 12.0. The number of esters is 1. The van der Waals surface area contributed by atoms with Crippen molar-refractivity contribution < 1.29 is 23.8 Å². The summed E-state index contributed by atoms with van der Waals surface area (Å²) in [5, 5.41) is 5.37. The Balaban J connectivity index is 1.36. The molecule has 0 fully saturated rings. The summed E-state index contributed by atoms with van der Waals surface area (Å²) in [6, 6.07) is 8.92. The Morgan fingerprint density at radius 1 is 1.26 bits per heavy atom. The second-order valence-corrected chi connectivity index (χ2v) is 7.55. The fraction of sp³-hybridized carbons (Fsp3) is 0.167. The minimum Gasteiger partial charge on any atom is -0.454 e. The zero-order valence-electron chi connectivity index (χ0n) is 14.2. The number of aryl methyl sites for hydroxylation is 1. The number of thiophene rings is 1. The first kappa shape index (κ1) is 17.5. The quantitative estimate of drug-likeness (QED) is 0.655. The van der Waals surface area contributed by atoms with E-state index in [0.29, 0.717) is 27.8 Å². The van der Waals surface area contributed by atoms with Gasteiger partial charge in [0.25, 0.3) is 5.91 Å². The first-order valence-corrected chi connectivity index (χ1v) is 9.68. The molecule has 1 aromatic carbocycles. The highest BCUT2D eigenvalue weighted by Gasteiger charge is 2.19. The molecule has 1 aliphatic rings.